The highest BCUT2D eigenvalue weighted by molar-refractivity contribution is 7.17. The number of amides is 2. The van der Waals surface area contributed by atoms with Gasteiger partial charge in [0.2, 0.25) is 0 Å². The van der Waals surface area contributed by atoms with Crippen molar-refractivity contribution in [1.82, 2.24) is 19.6 Å². The predicted molar refractivity (Wildman–Crippen MR) is 131 cm³/mol. The summed E-state index contributed by atoms with van der Waals surface area (Å²) in [5.41, 5.74) is 5.64. The number of thiazole rings is 1. The summed E-state index contributed by atoms with van der Waals surface area (Å²) in [5, 5.41) is 3.00. The molecule has 0 saturated carbocycles. The van der Waals surface area contributed by atoms with E-state index in [9.17, 15) is 9.59 Å². The molecule has 168 valence electrons. The third kappa shape index (κ3) is 3.93. The maximum atomic E-state index is 13.4. The largest absolute Gasteiger partial charge is 0.349 e. The van der Waals surface area contributed by atoms with E-state index in [-0.39, 0.29) is 17.9 Å². The average molecular weight is 459 g/mol. The Bertz CT molecular complexity index is 1370. The Morgan fingerprint density at radius 1 is 1.12 bits per heavy atom. The van der Waals surface area contributed by atoms with E-state index in [0.29, 0.717) is 24.3 Å². The van der Waals surface area contributed by atoms with Crippen molar-refractivity contribution in [3.05, 3.63) is 82.1 Å². The van der Waals surface area contributed by atoms with Crippen LogP contribution in [0.25, 0.3) is 16.1 Å². The molecular weight excluding hydrogens is 432 g/mol. The molecule has 2 amide bonds. The zero-order chi connectivity index (χ0) is 23.1. The number of nitrogens with zero attached hydrogens (tertiary/aromatic N) is 3. The Hall–Kier alpha value is -3.45. The highest BCUT2D eigenvalue weighted by Crippen LogP contribution is 2.29. The molecule has 4 aromatic rings. The molecule has 1 N–H and O–H groups in total. The fourth-order valence-corrected chi connectivity index (χ4v) is 5.07. The van der Waals surface area contributed by atoms with Crippen LogP contribution in [0.15, 0.2) is 54.9 Å². The fourth-order valence-electron chi connectivity index (χ4n) is 4.27. The summed E-state index contributed by atoms with van der Waals surface area (Å²) in [6, 6.07) is 14.0. The molecule has 0 spiro atoms. The minimum atomic E-state index is -0.171. The van der Waals surface area contributed by atoms with Crippen LogP contribution in [0.1, 0.15) is 43.3 Å². The monoisotopic (exact) mass is 458 g/mol. The number of hydrogen-bond acceptors (Lipinski definition) is 4. The van der Waals surface area contributed by atoms with Gasteiger partial charge >= 0.3 is 0 Å². The van der Waals surface area contributed by atoms with Crippen LogP contribution in [-0.2, 0) is 0 Å². The number of likely N-dealkylation sites (tertiary alicyclic amines) is 1. The van der Waals surface area contributed by atoms with Crippen LogP contribution < -0.4 is 5.32 Å². The maximum Gasteiger partial charge on any atom is 0.270 e. The Morgan fingerprint density at radius 3 is 2.70 bits per heavy atom. The molecule has 1 aliphatic heterocycles. The number of nitrogens with one attached hydrogen (secondary N) is 1. The number of aromatic nitrogens is 2. The molecule has 0 bridgehead atoms. The number of rotatable bonds is 5. The first kappa shape index (κ1) is 21.4. The van der Waals surface area contributed by atoms with Crippen molar-refractivity contribution in [3.8, 4) is 11.1 Å². The number of carbonyl (C=O) groups excluding carboxylic acids is 2. The van der Waals surface area contributed by atoms with E-state index < -0.39 is 0 Å². The normalized spacial score (nSPS) is 15.5. The molecule has 1 fully saturated rings. The first-order chi connectivity index (χ1) is 15.9. The number of benzene rings is 2. The summed E-state index contributed by atoms with van der Waals surface area (Å²) in [6.07, 6.45) is 4.39. The van der Waals surface area contributed by atoms with Crippen molar-refractivity contribution < 1.29 is 9.59 Å². The molecule has 2 aromatic carbocycles. The first-order valence-electron chi connectivity index (χ1n) is 11.1. The molecule has 5 rings (SSSR count). The van der Waals surface area contributed by atoms with Crippen molar-refractivity contribution >= 4 is 28.1 Å². The number of aryl methyl sites for hydroxylation is 3. The molecule has 1 aliphatic rings. The van der Waals surface area contributed by atoms with Crippen LogP contribution in [0.3, 0.4) is 0 Å². The maximum absolute atomic E-state index is 13.4. The van der Waals surface area contributed by atoms with E-state index in [2.05, 4.69) is 42.3 Å². The highest BCUT2D eigenvalue weighted by atomic mass is 32.1. The topological polar surface area (TPSA) is 66.7 Å². The summed E-state index contributed by atoms with van der Waals surface area (Å²) < 4.78 is 1.82. The zero-order valence-electron chi connectivity index (χ0n) is 19.0. The lowest BCUT2D eigenvalue weighted by molar-refractivity contribution is 0.0456. The molecule has 1 atom stereocenters. The second kappa shape index (κ2) is 8.48. The van der Waals surface area contributed by atoms with E-state index >= 15 is 0 Å². The van der Waals surface area contributed by atoms with Gasteiger partial charge in [0.05, 0.1) is 12.2 Å². The lowest BCUT2D eigenvalue weighted by Crippen LogP contribution is -2.56. The van der Waals surface area contributed by atoms with Gasteiger partial charge in [-0.2, -0.15) is 0 Å². The van der Waals surface area contributed by atoms with Gasteiger partial charge in [-0.05, 0) is 55.5 Å². The summed E-state index contributed by atoms with van der Waals surface area (Å²) >= 11 is 1.55. The minimum Gasteiger partial charge on any atom is -0.349 e. The Kier molecular flexibility index (Phi) is 5.50. The smallest absolute Gasteiger partial charge is 0.270 e. The van der Waals surface area contributed by atoms with Gasteiger partial charge < -0.3 is 10.2 Å². The number of carbonyl (C=O) groups is 2. The quantitative estimate of drug-likeness (QED) is 0.474. The van der Waals surface area contributed by atoms with Crippen LogP contribution in [0.2, 0.25) is 0 Å². The van der Waals surface area contributed by atoms with E-state index in [0.717, 1.165) is 27.4 Å². The highest BCUT2D eigenvalue weighted by Gasteiger charge is 2.34. The van der Waals surface area contributed by atoms with Crippen LogP contribution in [0.4, 0.5) is 0 Å². The molecule has 1 saturated heterocycles. The zero-order valence-corrected chi connectivity index (χ0v) is 19.8. The Morgan fingerprint density at radius 2 is 1.94 bits per heavy atom. The molecule has 7 heteroatoms. The molecule has 2 aromatic heterocycles. The SMILES string of the molecule is Cc1cn2c(C(=O)NC[C@@H]3CCN3C(=O)c3ccccc3-c3ccc(C)c(C)c3)cnc2s1. The van der Waals surface area contributed by atoms with Crippen molar-refractivity contribution in [2.24, 2.45) is 0 Å². The first-order valence-corrected chi connectivity index (χ1v) is 11.9. The molecular formula is C26H26N4O2S. The van der Waals surface area contributed by atoms with Crippen molar-refractivity contribution in [2.75, 3.05) is 13.1 Å². The lowest BCUT2D eigenvalue weighted by atomic mass is 9.94. The third-order valence-electron chi connectivity index (χ3n) is 6.44. The Balaban J connectivity index is 1.30. The van der Waals surface area contributed by atoms with Gasteiger partial charge in [0.1, 0.15) is 5.69 Å². The van der Waals surface area contributed by atoms with Crippen molar-refractivity contribution in [2.45, 2.75) is 33.2 Å². The predicted octanol–water partition coefficient (Wildman–Crippen LogP) is 4.63. The Labute approximate surface area is 196 Å². The number of imidazole rings is 1. The van der Waals surface area contributed by atoms with Gasteiger partial charge in [0, 0.05) is 29.7 Å². The summed E-state index contributed by atoms with van der Waals surface area (Å²) in [4.78, 5) is 34.3. The fraction of sp³-hybridized carbons (Fsp3) is 0.269. The van der Waals surface area contributed by atoms with Gasteiger partial charge in [-0.25, -0.2) is 4.98 Å². The molecule has 0 unspecified atom stereocenters. The second-order valence-electron chi connectivity index (χ2n) is 8.63. The van der Waals surface area contributed by atoms with Gasteiger partial charge in [0.25, 0.3) is 11.8 Å². The molecule has 33 heavy (non-hydrogen) atoms. The van der Waals surface area contributed by atoms with Gasteiger partial charge in [-0.3, -0.25) is 14.0 Å². The van der Waals surface area contributed by atoms with Gasteiger partial charge in [0.15, 0.2) is 4.96 Å². The minimum absolute atomic E-state index is 0.00882. The van der Waals surface area contributed by atoms with Crippen molar-refractivity contribution in [1.29, 1.82) is 0 Å². The molecule has 3 heterocycles. The summed E-state index contributed by atoms with van der Waals surface area (Å²) in [5.74, 6) is -0.162. The molecule has 0 aliphatic carbocycles. The van der Waals surface area contributed by atoms with Crippen molar-refractivity contribution in [3.63, 3.8) is 0 Å². The van der Waals surface area contributed by atoms with E-state index in [1.54, 1.807) is 17.5 Å². The summed E-state index contributed by atoms with van der Waals surface area (Å²) in [7, 11) is 0. The number of hydrogen-bond donors (Lipinski definition) is 1. The lowest BCUT2D eigenvalue weighted by Gasteiger charge is -2.41. The van der Waals surface area contributed by atoms with Crippen LogP contribution >= 0.6 is 11.3 Å². The second-order valence-corrected chi connectivity index (χ2v) is 9.85. The third-order valence-corrected chi connectivity index (χ3v) is 7.35. The van der Waals surface area contributed by atoms with Gasteiger partial charge in [-0.15, -0.1) is 11.3 Å². The van der Waals surface area contributed by atoms with Crippen LogP contribution in [0.5, 0.6) is 0 Å². The molecule has 0 radical (unpaired) electrons. The van der Waals surface area contributed by atoms with E-state index in [1.165, 1.54) is 11.1 Å². The van der Waals surface area contributed by atoms with E-state index in [1.807, 2.05) is 46.7 Å². The van der Waals surface area contributed by atoms with Crippen LogP contribution in [0, 0.1) is 20.8 Å². The number of fused-ring (bicyclic) bond motifs is 1. The van der Waals surface area contributed by atoms with Crippen LogP contribution in [-0.4, -0.2) is 45.2 Å². The van der Waals surface area contributed by atoms with Gasteiger partial charge in [-0.1, -0.05) is 36.4 Å². The molecule has 6 nitrogen and oxygen atoms in total. The standard InChI is InChI=1S/C26H26N4O2S/c1-16-8-9-19(12-17(16)2)21-6-4-5-7-22(21)25(32)29-11-10-20(29)13-27-24(31)23-14-28-26-30(23)15-18(3)33-26/h4-9,12,14-15,20H,10-11,13H2,1-3H3,(H,27,31)/t20-/m0/s1. The van der Waals surface area contributed by atoms with E-state index in [4.69, 9.17) is 0 Å². The summed E-state index contributed by atoms with van der Waals surface area (Å²) in [6.45, 7) is 7.29. The average Bonchev–Trinajstić information content (AvgIpc) is 3.33.